The van der Waals surface area contributed by atoms with Crippen LogP contribution in [0.25, 0.3) is 0 Å². The summed E-state index contributed by atoms with van der Waals surface area (Å²) < 4.78 is 5.26. The minimum absolute atomic E-state index is 0.0174. The minimum atomic E-state index is -0.341. The smallest absolute Gasteiger partial charge is 0.0887 e. The van der Waals surface area contributed by atoms with E-state index < -0.39 is 0 Å². The van der Waals surface area contributed by atoms with E-state index >= 15 is 0 Å². The van der Waals surface area contributed by atoms with Gasteiger partial charge in [-0.2, -0.15) is 0 Å². The van der Waals surface area contributed by atoms with Gasteiger partial charge in [0.2, 0.25) is 0 Å². The largest absolute Gasteiger partial charge is 0.390 e. The van der Waals surface area contributed by atoms with Crippen molar-refractivity contribution in [2.75, 3.05) is 6.61 Å². The van der Waals surface area contributed by atoms with E-state index in [1.807, 2.05) is 13.8 Å². The quantitative estimate of drug-likeness (QED) is 0.533. The van der Waals surface area contributed by atoms with Gasteiger partial charge in [-0.05, 0) is 13.3 Å². The topological polar surface area (TPSA) is 29.5 Å². The number of hydrogen-bond donors (Lipinski definition) is 1. The lowest BCUT2D eigenvalue weighted by atomic mass is 9.94. The fourth-order valence-electron chi connectivity index (χ4n) is 1.24. The molecule has 1 aliphatic rings. The second kappa shape index (κ2) is 2.77. The maximum absolute atomic E-state index is 9.56. The first kappa shape index (κ1) is 8.45. The lowest BCUT2D eigenvalue weighted by Gasteiger charge is -2.38. The van der Waals surface area contributed by atoms with Crippen molar-refractivity contribution in [3.63, 3.8) is 0 Å². The van der Waals surface area contributed by atoms with Crippen molar-refractivity contribution < 1.29 is 9.84 Å². The summed E-state index contributed by atoms with van der Waals surface area (Å²) in [5.41, 5.74) is 0. The monoisotopic (exact) mass is 162 g/mol. The molecule has 0 amide bonds. The summed E-state index contributed by atoms with van der Waals surface area (Å²) in [6.07, 6.45) is 0.561. The first-order valence-corrected chi connectivity index (χ1v) is 4.20. The van der Waals surface area contributed by atoms with Gasteiger partial charge in [-0.1, -0.05) is 6.92 Å². The molecule has 3 heteroatoms. The second-order valence-electron chi connectivity index (χ2n) is 3.28. The Balaban J connectivity index is 2.60. The summed E-state index contributed by atoms with van der Waals surface area (Å²) in [4.78, 5) is 0. The fourth-order valence-corrected chi connectivity index (χ4v) is 1.63. The van der Waals surface area contributed by atoms with Crippen LogP contribution in [0.2, 0.25) is 0 Å². The van der Waals surface area contributed by atoms with Crippen LogP contribution in [0.4, 0.5) is 0 Å². The van der Waals surface area contributed by atoms with E-state index in [4.69, 9.17) is 4.74 Å². The molecule has 0 saturated carbocycles. The highest BCUT2D eigenvalue weighted by Crippen LogP contribution is 2.32. The highest BCUT2D eigenvalue weighted by Gasteiger charge is 2.36. The van der Waals surface area contributed by atoms with Gasteiger partial charge >= 0.3 is 0 Å². The Hall–Kier alpha value is 0.350. The molecule has 0 aromatic carbocycles. The van der Waals surface area contributed by atoms with Crippen molar-refractivity contribution in [1.82, 2.24) is 0 Å². The van der Waals surface area contributed by atoms with E-state index in [0.717, 1.165) is 13.0 Å². The standard InChI is InChI=1S/C7H15O2P/c1-5-6(8)7(2,10)3-4-9-5/h5-6,8H,3-4,10H2,1-2H3/t5?,6?,7-/m1/s1. The Kier molecular flexibility index (Phi) is 2.34. The van der Waals surface area contributed by atoms with E-state index in [1.54, 1.807) is 0 Å². The van der Waals surface area contributed by atoms with Gasteiger partial charge in [-0.3, -0.25) is 0 Å². The predicted molar refractivity (Wildman–Crippen MR) is 44.2 cm³/mol. The van der Waals surface area contributed by atoms with Crippen LogP contribution in [0, 0.1) is 0 Å². The predicted octanol–water partition coefficient (Wildman–Crippen LogP) is 0.790. The first-order chi connectivity index (χ1) is 4.54. The van der Waals surface area contributed by atoms with Crippen molar-refractivity contribution in [3.8, 4) is 0 Å². The molecule has 1 aliphatic heterocycles. The van der Waals surface area contributed by atoms with Crippen LogP contribution in [0.15, 0.2) is 0 Å². The Morgan fingerprint density at radius 2 is 2.30 bits per heavy atom. The SMILES string of the molecule is CC1OCC[C@@](C)(P)C1O. The average Bonchev–Trinajstić information content (AvgIpc) is 1.83. The van der Waals surface area contributed by atoms with Crippen LogP contribution in [-0.4, -0.2) is 29.1 Å². The van der Waals surface area contributed by atoms with Crippen LogP contribution < -0.4 is 0 Å². The molecule has 1 fully saturated rings. The van der Waals surface area contributed by atoms with Crippen molar-refractivity contribution in [3.05, 3.63) is 0 Å². The molecule has 1 rings (SSSR count). The van der Waals surface area contributed by atoms with Gasteiger partial charge in [-0.25, -0.2) is 0 Å². The molecule has 60 valence electrons. The van der Waals surface area contributed by atoms with Crippen molar-refractivity contribution in [2.24, 2.45) is 0 Å². The summed E-state index contributed by atoms with van der Waals surface area (Å²) in [6, 6.07) is 0. The molecule has 1 heterocycles. The van der Waals surface area contributed by atoms with Crippen molar-refractivity contribution >= 4 is 9.24 Å². The average molecular weight is 162 g/mol. The van der Waals surface area contributed by atoms with E-state index in [1.165, 1.54) is 0 Å². The van der Waals surface area contributed by atoms with Crippen LogP contribution in [0.3, 0.4) is 0 Å². The highest BCUT2D eigenvalue weighted by molar-refractivity contribution is 7.19. The Morgan fingerprint density at radius 1 is 1.70 bits per heavy atom. The van der Waals surface area contributed by atoms with Gasteiger partial charge in [0.05, 0.1) is 12.2 Å². The van der Waals surface area contributed by atoms with Crippen molar-refractivity contribution in [1.29, 1.82) is 0 Å². The maximum Gasteiger partial charge on any atom is 0.0887 e. The van der Waals surface area contributed by atoms with Crippen molar-refractivity contribution in [2.45, 2.75) is 37.6 Å². The molecule has 1 N–H and O–H groups in total. The number of aliphatic hydroxyl groups is 1. The fraction of sp³-hybridized carbons (Fsp3) is 1.00. The summed E-state index contributed by atoms with van der Waals surface area (Å²) in [5.74, 6) is 0. The molecule has 0 bridgehead atoms. The molecule has 4 atom stereocenters. The molecule has 2 nitrogen and oxygen atoms in total. The number of hydrogen-bond acceptors (Lipinski definition) is 2. The van der Waals surface area contributed by atoms with Crippen LogP contribution in [0.1, 0.15) is 20.3 Å². The zero-order valence-corrected chi connectivity index (χ0v) is 7.66. The zero-order valence-electron chi connectivity index (χ0n) is 6.50. The Labute approximate surface area is 64.2 Å². The Bertz CT molecular complexity index is 125. The summed E-state index contributed by atoms with van der Waals surface area (Å²) in [7, 11) is 2.70. The molecule has 0 aromatic rings. The zero-order chi connectivity index (χ0) is 7.78. The summed E-state index contributed by atoms with van der Waals surface area (Å²) in [6.45, 7) is 4.71. The number of aliphatic hydroxyl groups excluding tert-OH is 1. The van der Waals surface area contributed by atoms with E-state index in [2.05, 4.69) is 9.24 Å². The maximum atomic E-state index is 9.56. The molecule has 0 aromatic heterocycles. The van der Waals surface area contributed by atoms with Crippen LogP contribution in [0.5, 0.6) is 0 Å². The molecule has 0 aliphatic carbocycles. The van der Waals surface area contributed by atoms with Crippen LogP contribution in [-0.2, 0) is 4.74 Å². The van der Waals surface area contributed by atoms with Gasteiger partial charge in [0, 0.05) is 11.8 Å². The van der Waals surface area contributed by atoms with Gasteiger partial charge < -0.3 is 9.84 Å². The first-order valence-electron chi connectivity index (χ1n) is 3.62. The van der Waals surface area contributed by atoms with Gasteiger partial charge in [0.1, 0.15) is 0 Å². The molecule has 3 unspecified atom stereocenters. The number of rotatable bonds is 0. The second-order valence-corrected chi connectivity index (χ2v) is 4.60. The highest BCUT2D eigenvalue weighted by atomic mass is 31.0. The van der Waals surface area contributed by atoms with E-state index in [9.17, 15) is 5.11 Å². The molecule has 0 spiro atoms. The summed E-state index contributed by atoms with van der Waals surface area (Å²) >= 11 is 0. The summed E-state index contributed by atoms with van der Waals surface area (Å²) in [5, 5.41) is 9.52. The van der Waals surface area contributed by atoms with Gasteiger partial charge in [-0.15, -0.1) is 9.24 Å². The minimum Gasteiger partial charge on any atom is -0.390 e. The van der Waals surface area contributed by atoms with E-state index in [-0.39, 0.29) is 17.4 Å². The molecule has 0 radical (unpaired) electrons. The molecular weight excluding hydrogens is 147 g/mol. The van der Waals surface area contributed by atoms with Gasteiger partial charge in [0.15, 0.2) is 0 Å². The molecule has 10 heavy (non-hydrogen) atoms. The molecule has 1 saturated heterocycles. The third-order valence-corrected chi connectivity index (χ3v) is 2.77. The van der Waals surface area contributed by atoms with Gasteiger partial charge in [0.25, 0.3) is 0 Å². The normalized spacial score (nSPS) is 49.2. The van der Waals surface area contributed by atoms with E-state index in [0.29, 0.717) is 0 Å². The third-order valence-electron chi connectivity index (χ3n) is 2.14. The lowest BCUT2D eigenvalue weighted by Crippen LogP contribution is -2.47. The molecular formula is C7H15O2P. The lowest BCUT2D eigenvalue weighted by molar-refractivity contribution is -0.0802. The Morgan fingerprint density at radius 3 is 2.70 bits per heavy atom. The third kappa shape index (κ3) is 1.50. The van der Waals surface area contributed by atoms with Crippen LogP contribution >= 0.6 is 9.24 Å². The number of ether oxygens (including phenoxy) is 1.